The van der Waals surface area contributed by atoms with Crippen LogP contribution in [-0.2, 0) is 3.63 Å². The third-order valence-corrected chi connectivity index (χ3v) is 3.60. The van der Waals surface area contributed by atoms with Crippen LogP contribution < -0.4 is 0 Å². The summed E-state index contributed by atoms with van der Waals surface area (Å²) in [4.78, 5) is 0. The fourth-order valence-electron chi connectivity index (χ4n) is 1.17. The van der Waals surface area contributed by atoms with Gasteiger partial charge in [0.2, 0.25) is 0 Å². The molecule has 0 bridgehead atoms. The van der Waals surface area contributed by atoms with E-state index in [2.05, 4.69) is 13.2 Å². The molecule has 2 N–H and O–H groups in total. The predicted molar refractivity (Wildman–Crippen MR) is 76.9 cm³/mol. The molecular weight excluding hydrogens is 256 g/mol. The highest BCUT2D eigenvalue weighted by Gasteiger charge is 2.07. The van der Waals surface area contributed by atoms with Crippen molar-refractivity contribution in [3.05, 3.63) is 24.3 Å². The minimum absolute atomic E-state index is 0.418. The van der Waals surface area contributed by atoms with Gasteiger partial charge in [0.25, 0.3) is 0 Å². The molecule has 0 aliphatic heterocycles. The van der Waals surface area contributed by atoms with E-state index in [0.29, 0.717) is 24.3 Å². The number of hydrogen-bond donors (Lipinski definition) is 2. The highest BCUT2D eigenvalue weighted by atomic mass is 32.2. The second kappa shape index (κ2) is 10.0. The molecule has 0 aromatic heterocycles. The van der Waals surface area contributed by atoms with Crippen LogP contribution in [0, 0.1) is 0 Å². The van der Waals surface area contributed by atoms with Gasteiger partial charge in [-0.25, -0.2) is 3.63 Å². The zero-order valence-electron chi connectivity index (χ0n) is 10.5. The van der Waals surface area contributed by atoms with Gasteiger partial charge in [0.05, 0.1) is 12.2 Å². The lowest BCUT2D eigenvalue weighted by Crippen LogP contribution is -2.11. The Morgan fingerprint density at radius 1 is 1.00 bits per heavy atom. The molecule has 0 saturated heterocycles. The van der Waals surface area contributed by atoms with E-state index in [4.69, 9.17) is 3.63 Å². The fraction of sp³-hybridized carbons (Fsp3) is 0.667. The third-order valence-electron chi connectivity index (χ3n) is 1.79. The molecule has 0 aliphatic carbocycles. The smallest absolute Gasteiger partial charge is 0.0690 e. The topological polar surface area (TPSA) is 49.7 Å². The van der Waals surface area contributed by atoms with Gasteiger partial charge in [-0.05, 0) is 26.7 Å². The molecule has 0 aliphatic rings. The van der Waals surface area contributed by atoms with Crippen molar-refractivity contribution in [2.45, 2.75) is 38.9 Å². The lowest BCUT2D eigenvalue weighted by molar-refractivity contribution is 0.198. The van der Waals surface area contributed by atoms with Crippen LogP contribution in [-0.4, -0.2) is 33.9 Å². The van der Waals surface area contributed by atoms with E-state index >= 15 is 0 Å². The van der Waals surface area contributed by atoms with E-state index < -0.39 is 12.2 Å². The van der Waals surface area contributed by atoms with Crippen LogP contribution in [0.1, 0.15) is 26.7 Å². The van der Waals surface area contributed by atoms with Gasteiger partial charge < -0.3 is 10.2 Å². The highest BCUT2D eigenvalue weighted by molar-refractivity contribution is 8.07. The molecule has 100 valence electrons. The van der Waals surface area contributed by atoms with E-state index in [1.165, 1.54) is 24.1 Å². The number of rotatable bonds is 10. The second-order valence-electron chi connectivity index (χ2n) is 4.27. The first-order valence-corrected chi connectivity index (χ1v) is 7.30. The van der Waals surface area contributed by atoms with Gasteiger partial charge >= 0.3 is 0 Å². The summed E-state index contributed by atoms with van der Waals surface area (Å²) >= 11 is 2.41. The summed E-state index contributed by atoms with van der Waals surface area (Å²) in [5, 5.41) is 19.0. The van der Waals surface area contributed by atoms with Gasteiger partial charge in [-0.2, -0.15) is 0 Å². The minimum atomic E-state index is -0.418. The van der Waals surface area contributed by atoms with E-state index in [1.807, 2.05) is 13.8 Å². The normalized spacial score (nSPS) is 14.4. The zero-order chi connectivity index (χ0) is 13.3. The Bertz CT molecular complexity index is 220. The lowest BCUT2D eigenvalue weighted by Gasteiger charge is -2.10. The Morgan fingerprint density at radius 2 is 1.35 bits per heavy atom. The van der Waals surface area contributed by atoms with Gasteiger partial charge in [-0.1, -0.05) is 11.1 Å². The molecule has 3 nitrogen and oxygen atoms in total. The minimum Gasteiger partial charge on any atom is -0.392 e. The van der Waals surface area contributed by atoms with Crippen LogP contribution in [0.25, 0.3) is 0 Å². The molecule has 2 atom stereocenters. The van der Waals surface area contributed by atoms with E-state index in [-0.39, 0.29) is 0 Å². The van der Waals surface area contributed by atoms with Crippen molar-refractivity contribution in [1.82, 2.24) is 0 Å². The van der Waals surface area contributed by atoms with Crippen LogP contribution in [0.15, 0.2) is 24.3 Å². The van der Waals surface area contributed by atoms with Crippen LogP contribution in [0.3, 0.4) is 0 Å². The van der Waals surface area contributed by atoms with Crippen molar-refractivity contribution in [1.29, 1.82) is 0 Å². The largest absolute Gasteiger partial charge is 0.392 e. The lowest BCUT2D eigenvalue weighted by atomic mass is 10.2. The van der Waals surface area contributed by atoms with E-state index in [0.717, 1.165) is 11.1 Å². The van der Waals surface area contributed by atoms with Gasteiger partial charge in [-0.15, -0.1) is 13.2 Å². The molecule has 17 heavy (non-hydrogen) atoms. The van der Waals surface area contributed by atoms with Crippen molar-refractivity contribution in [3.8, 4) is 0 Å². The summed E-state index contributed by atoms with van der Waals surface area (Å²) < 4.78 is 5.19. The quantitative estimate of drug-likeness (QED) is 0.365. The van der Waals surface area contributed by atoms with E-state index in [9.17, 15) is 10.2 Å². The Morgan fingerprint density at radius 3 is 1.65 bits per heavy atom. The molecule has 0 spiro atoms. The predicted octanol–water partition coefficient (Wildman–Crippen LogP) is 2.95. The summed E-state index contributed by atoms with van der Waals surface area (Å²) in [6, 6.07) is 0. The van der Waals surface area contributed by atoms with Crippen LogP contribution in [0.2, 0.25) is 0 Å². The molecule has 0 saturated carbocycles. The molecule has 0 aromatic rings. The van der Waals surface area contributed by atoms with Gasteiger partial charge in [0.15, 0.2) is 0 Å². The maximum absolute atomic E-state index is 9.52. The summed E-state index contributed by atoms with van der Waals surface area (Å²) in [6.07, 6.45) is 0.357. The maximum Gasteiger partial charge on any atom is 0.0690 e. The SMILES string of the molecule is C=C(C)CC(O)CSOSCC(O)CC(=C)C. The van der Waals surface area contributed by atoms with Crippen LogP contribution >= 0.6 is 24.1 Å². The van der Waals surface area contributed by atoms with Crippen molar-refractivity contribution in [3.63, 3.8) is 0 Å². The summed E-state index contributed by atoms with van der Waals surface area (Å²) in [5.74, 6) is 1.02. The molecule has 0 fully saturated rings. The number of aliphatic hydroxyl groups is 2. The van der Waals surface area contributed by atoms with Gasteiger partial charge in [0.1, 0.15) is 0 Å². The average Bonchev–Trinajstić information content (AvgIpc) is 2.14. The summed E-state index contributed by atoms with van der Waals surface area (Å²) in [7, 11) is 0. The van der Waals surface area contributed by atoms with Gasteiger partial charge in [-0.3, -0.25) is 0 Å². The second-order valence-corrected chi connectivity index (χ2v) is 5.95. The molecule has 0 amide bonds. The van der Waals surface area contributed by atoms with E-state index in [1.54, 1.807) is 0 Å². The molecular formula is C12H22O3S2. The summed E-state index contributed by atoms with van der Waals surface area (Å²) in [5.41, 5.74) is 1.92. The standard InChI is InChI=1S/C12H22O3S2/c1-9(2)5-11(13)7-16-15-17-8-12(14)6-10(3)4/h11-14H,1,3,5-8H2,2,4H3. The summed E-state index contributed by atoms with van der Waals surface area (Å²) in [6.45, 7) is 11.2. The van der Waals surface area contributed by atoms with Crippen LogP contribution in [0.5, 0.6) is 0 Å². The Balaban J connectivity index is 3.39. The molecule has 2 unspecified atom stereocenters. The zero-order valence-corrected chi connectivity index (χ0v) is 12.1. The van der Waals surface area contributed by atoms with Crippen molar-refractivity contribution in [2.24, 2.45) is 0 Å². The Kier molecular flexibility index (Phi) is 10.1. The third kappa shape index (κ3) is 12.3. The first kappa shape index (κ1) is 17.1. The molecule has 5 heteroatoms. The first-order chi connectivity index (χ1) is 7.91. The Labute approximate surface area is 113 Å². The van der Waals surface area contributed by atoms with Crippen molar-refractivity contribution < 1.29 is 13.8 Å². The monoisotopic (exact) mass is 278 g/mol. The van der Waals surface area contributed by atoms with Crippen LogP contribution in [0.4, 0.5) is 0 Å². The van der Waals surface area contributed by atoms with Crippen molar-refractivity contribution in [2.75, 3.05) is 11.5 Å². The number of aliphatic hydroxyl groups excluding tert-OH is 2. The van der Waals surface area contributed by atoms with Crippen molar-refractivity contribution >= 4 is 24.1 Å². The molecule has 0 radical (unpaired) electrons. The fourth-order valence-corrected chi connectivity index (χ4v) is 2.44. The van der Waals surface area contributed by atoms with Gasteiger partial charge in [0, 0.05) is 35.6 Å². The maximum atomic E-state index is 9.52. The molecule has 0 aromatic carbocycles. The highest BCUT2D eigenvalue weighted by Crippen LogP contribution is 2.19. The molecule has 0 rings (SSSR count). The number of hydrogen-bond acceptors (Lipinski definition) is 5. The average molecular weight is 278 g/mol. The first-order valence-electron chi connectivity index (χ1n) is 5.47. The Hall–Kier alpha value is 0.0600. The molecule has 0 heterocycles.